The lowest BCUT2D eigenvalue weighted by Crippen LogP contribution is -2.39. The normalized spacial score (nSPS) is 15.3. The first-order valence-corrected chi connectivity index (χ1v) is 11.2. The Morgan fingerprint density at radius 2 is 2.00 bits per heavy atom. The number of aryl methyl sites for hydroxylation is 2. The Hall–Kier alpha value is -3.14. The van der Waals surface area contributed by atoms with Crippen LogP contribution in [0.3, 0.4) is 0 Å². The van der Waals surface area contributed by atoms with Gasteiger partial charge in [-0.3, -0.25) is 10.1 Å². The molecule has 0 spiro atoms. The summed E-state index contributed by atoms with van der Waals surface area (Å²) in [7, 11) is -3.46. The quantitative estimate of drug-likeness (QED) is 0.437. The number of benzene rings is 1. The Labute approximate surface area is 174 Å². The van der Waals surface area contributed by atoms with Crippen molar-refractivity contribution in [2.45, 2.75) is 45.8 Å². The van der Waals surface area contributed by atoms with Crippen molar-refractivity contribution >= 4 is 38.3 Å². The van der Waals surface area contributed by atoms with Gasteiger partial charge in [-0.05, 0) is 51.3 Å². The molecule has 1 aromatic carbocycles. The number of imidazole rings is 1. The van der Waals surface area contributed by atoms with E-state index in [0.29, 0.717) is 52.2 Å². The molecule has 1 aliphatic carbocycles. The number of nitrogens with one attached hydrogen (secondary N) is 2. The maximum absolute atomic E-state index is 12.4. The fourth-order valence-corrected chi connectivity index (χ4v) is 5.02. The largest absolute Gasteiger partial charge is 0.402 e. The van der Waals surface area contributed by atoms with E-state index in [0.717, 1.165) is 16.8 Å². The van der Waals surface area contributed by atoms with E-state index in [1.807, 2.05) is 26.0 Å². The number of rotatable bonds is 6. The number of hydrogen-bond acceptors (Lipinski definition) is 6. The molecule has 2 aromatic heterocycles. The molecule has 0 radical (unpaired) electrons. The first-order valence-electron chi connectivity index (χ1n) is 9.63. The summed E-state index contributed by atoms with van der Waals surface area (Å²) >= 11 is 0. The van der Waals surface area contributed by atoms with Crippen LogP contribution >= 0.6 is 0 Å². The predicted octanol–water partition coefficient (Wildman–Crippen LogP) is 1.65. The van der Waals surface area contributed by atoms with E-state index < -0.39 is 10.0 Å². The molecule has 1 fully saturated rings. The topological polar surface area (TPSA) is 152 Å². The number of sulfonamides is 1. The summed E-state index contributed by atoms with van der Waals surface area (Å²) in [5, 5.41) is 9.83. The van der Waals surface area contributed by atoms with Crippen LogP contribution in [0.2, 0.25) is 0 Å². The minimum absolute atomic E-state index is 0.165. The zero-order valence-corrected chi connectivity index (χ0v) is 18.1. The van der Waals surface area contributed by atoms with E-state index >= 15 is 0 Å². The number of aromatic amines is 1. The van der Waals surface area contributed by atoms with Gasteiger partial charge >= 0.3 is 0 Å². The van der Waals surface area contributed by atoms with Gasteiger partial charge in [0.2, 0.25) is 16.0 Å². The Morgan fingerprint density at radius 3 is 2.53 bits per heavy atom. The summed E-state index contributed by atoms with van der Waals surface area (Å²) in [6, 6.07) is 3.82. The van der Waals surface area contributed by atoms with Crippen molar-refractivity contribution in [3.63, 3.8) is 0 Å². The molecule has 158 valence electrons. The number of fused-ring (bicyclic) bond motifs is 1. The van der Waals surface area contributed by atoms with Gasteiger partial charge in [-0.15, -0.1) is 0 Å². The van der Waals surface area contributed by atoms with Crippen LogP contribution in [0.1, 0.15) is 43.7 Å². The number of allylic oxidation sites excluding steroid dienone is 2. The summed E-state index contributed by atoms with van der Waals surface area (Å²) < 4.78 is 32.6. The van der Waals surface area contributed by atoms with Crippen molar-refractivity contribution in [1.29, 1.82) is 0 Å². The number of H-pyrrole nitrogens is 1. The van der Waals surface area contributed by atoms with E-state index in [-0.39, 0.29) is 11.2 Å². The van der Waals surface area contributed by atoms with Crippen LogP contribution in [-0.2, 0) is 10.0 Å². The number of anilines is 1. The Kier molecular flexibility index (Phi) is 4.69. The molecule has 4 rings (SSSR count). The summed E-state index contributed by atoms with van der Waals surface area (Å²) in [5.41, 5.74) is 12.3. The molecule has 0 amide bonds. The molecular formula is C20H25N6O3S+. The molecule has 6 N–H and O–H groups in total. The lowest BCUT2D eigenvalue weighted by atomic mass is 9.94. The number of nitrogens with two attached hydrogens (primary N) is 2. The lowest BCUT2D eigenvalue weighted by Gasteiger charge is -2.10. The summed E-state index contributed by atoms with van der Waals surface area (Å²) in [4.78, 5) is 7.60. The molecule has 30 heavy (non-hydrogen) atoms. The molecule has 1 saturated carbocycles. The van der Waals surface area contributed by atoms with Gasteiger partial charge in [-0.1, -0.05) is 5.16 Å². The third kappa shape index (κ3) is 3.47. The van der Waals surface area contributed by atoms with Crippen molar-refractivity contribution in [1.82, 2.24) is 15.1 Å². The van der Waals surface area contributed by atoms with Crippen LogP contribution in [-0.4, -0.2) is 34.5 Å². The van der Waals surface area contributed by atoms with Crippen LogP contribution in [0.4, 0.5) is 5.95 Å². The standard InChI is InChI=1S/C20H24N6O3S/c1-9(21)17(10(2)22)15-7-13(18-11(3)25-29-12(18)4)8-16-19(15)24-20(23-16)26-30(27,28)14-5-6-14/h7-8,14,21H,5-6,22H2,1-4H3,(H2,23,24,26)/p+1/b17-10+,21-9?. The van der Waals surface area contributed by atoms with Gasteiger partial charge in [-0.25, -0.2) is 13.4 Å². The number of nitrogens with zero attached hydrogens (tertiary/aromatic N) is 2. The van der Waals surface area contributed by atoms with Crippen LogP contribution in [0.5, 0.6) is 0 Å². The highest BCUT2D eigenvalue weighted by Crippen LogP contribution is 2.35. The van der Waals surface area contributed by atoms with Gasteiger partial charge in [0.15, 0.2) is 5.71 Å². The highest BCUT2D eigenvalue weighted by Gasteiger charge is 2.36. The lowest BCUT2D eigenvalue weighted by molar-refractivity contribution is -0.111. The molecule has 0 atom stereocenters. The average molecular weight is 430 g/mol. The molecule has 1 aliphatic rings. The van der Waals surface area contributed by atoms with Gasteiger partial charge < -0.3 is 15.2 Å². The molecule has 0 unspecified atom stereocenters. The van der Waals surface area contributed by atoms with Crippen molar-refractivity contribution in [2.75, 3.05) is 4.72 Å². The zero-order chi connectivity index (χ0) is 21.8. The monoisotopic (exact) mass is 429 g/mol. The molecule has 3 aromatic rings. The van der Waals surface area contributed by atoms with E-state index in [9.17, 15) is 8.42 Å². The molecule has 9 nitrogen and oxygen atoms in total. The van der Waals surface area contributed by atoms with Crippen molar-refractivity contribution in [3.8, 4) is 11.1 Å². The molecule has 0 saturated heterocycles. The van der Waals surface area contributed by atoms with Crippen molar-refractivity contribution in [3.05, 3.63) is 34.8 Å². The third-order valence-corrected chi connectivity index (χ3v) is 7.00. The highest BCUT2D eigenvalue weighted by molar-refractivity contribution is 7.93. The second-order valence-electron chi connectivity index (χ2n) is 7.79. The molecule has 10 heteroatoms. The second kappa shape index (κ2) is 6.98. The van der Waals surface area contributed by atoms with E-state index in [1.165, 1.54) is 0 Å². The van der Waals surface area contributed by atoms with Crippen molar-refractivity contribution in [2.24, 2.45) is 5.73 Å². The average Bonchev–Trinajstić information content (AvgIpc) is 3.34. The highest BCUT2D eigenvalue weighted by atomic mass is 32.2. The predicted molar refractivity (Wildman–Crippen MR) is 116 cm³/mol. The van der Waals surface area contributed by atoms with Crippen LogP contribution in [0, 0.1) is 13.8 Å². The second-order valence-corrected chi connectivity index (χ2v) is 9.75. The Bertz CT molecular complexity index is 1290. The fraction of sp³-hybridized carbons (Fsp3) is 0.350. The summed E-state index contributed by atoms with van der Waals surface area (Å²) in [6.45, 7) is 7.24. The maximum Gasteiger partial charge on any atom is 0.237 e. The molecular weight excluding hydrogens is 404 g/mol. The first kappa shape index (κ1) is 20.1. The fourth-order valence-electron chi connectivity index (χ4n) is 3.73. The van der Waals surface area contributed by atoms with E-state index in [2.05, 4.69) is 19.8 Å². The third-order valence-electron chi connectivity index (χ3n) is 5.17. The number of aromatic nitrogens is 3. The zero-order valence-electron chi connectivity index (χ0n) is 17.3. The summed E-state index contributed by atoms with van der Waals surface area (Å²) in [6.07, 6.45) is 1.33. The van der Waals surface area contributed by atoms with Crippen molar-refractivity contribution < 1.29 is 18.4 Å². The minimum Gasteiger partial charge on any atom is -0.402 e. The van der Waals surface area contributed by atoms with Gasteiger partial charge in [0, 0.05) is 23.7 Å². The SMILES string of the molecule is CC(=[NH2+])/C(=C(/C)N)c1cc(-c2c(C)noc2C)cc2[nH]c(NS(=O)(=O)C3CC3)nc12. The van der Waals surface area contributed by atoms with Gasteiger partial charge in [0.25, 0.3) is 0 Å². The molecule has 0 aliphatic heterocycles. The smallest absolute Gasteiger partial charge is 0.237 e. The maximum atomic E-state index is 12.4. The van der Waals surface area contributed by atoms with Gasteiger partial charge in [-0.2, -0.15) is 0 Å². The van der Waals surface area contributed by atoms with Gasteiger partial charge in [0.05, 0.1) is 27.6 Å². The molecule has 0 bridgehead atoms. The van der Waals surface area contributed by atoms with E-state index in [1.54, 1.807) is 13.8 Å². The summed E-state index contributed by atoms with van der Waals surface area (Å²) in [5.74, 6) is 0.841. The van der Waals surface area contributed by atoms with Gasteiger partial charge in [0.1, 0.15) is 5.76 Å². The number of hydrogen-bond donors (Lipinski definition) is 4. The van der Waals surface area contributed by atoms with Crippen LogP contribution in [0.25, 0.3) is 27.7 Å². The Morgan fingerprint density at radius 1 is 1.30 bits per heavy atom. The van der Waals surface area contributed by atoms with Crippen LogP contribution < -0.4 is 15.9 Å². The first-order chi connectivity index (χ1) is 14.1. The van der Waals surface area contributed by atoms with Crippen LogP contribution in [0.15, 0.2) is 22.4 Å². The minimum atomic E-state index is -3.46. The molecule has 2 heterocycles. The van der Waals surface area contributed by atoms with E-state index in [4.69, 9.17) is 15.7 Å². The Balaban J connectivity index is 1.96.